The molecule has 20 heavy (non-hydrogen) atoms. The molecule has 0 aromatic rings. The first-order valence-corrected chi connectivity index (χ1v) is 6.58. The van der Waals surface area contributed by atoms with Crippen molar-refractivity contribution in [2.75, 3.05) is 0 Å². The van der Waals surface area contributed by atoms with Gasteiger partial charge in [-0.3, -0.25) is 0 Å². The first kappa shape index (κ1) is 21.9. The van der Waals surface area contributed by atoms with Crippen molar-refractivity contribution in [1.29, 1.82) is 0 Å². The largest absolute Gasteiger partial charge is 2.00 e. The van der Waals surface area contributed by atoms with E-state index < -0.39 is 0 Å². The summed E-state index contributed by atoms with van der Waals surface area (Å²) in [5, 5.41) is 0. The summed E-state index contributed by atoms with van der Waals surface area (Å²) in [6, 6.07) is 0. The molecule has 1 fully saturated rings. The van der Waals surface area contributed by atoms with E-state index in [0.29, 0.717) is 0 Å². The van der Waals surface area contributed by atoms with Gasteiger partial charge in [0, 0.05) is 0 Å². The zero-order chi connectivity index (χ0) is 14.3. The Kier molecular flexibility index (Phi) is 7.75. The van der Waals surface area contributed by atoms with Gasteiger partial charge in [-0.05, 0) is 39.4 Å². The number of hydrogen-bond donors (Lipinski definition) is 0. The standard InChI is InChI=1S/C16H27O2.CH3.W/c1-10-11(2)15(6,7)18-14(5)12(3)16(8,9)17-13(10)4;;/h11-12H,4-5H2,1-3,6-9H3;1H3;/q2*-1;+2. The molecule has 0 amide bonds. The van der Waals surface area contributed by atoms with E-state index in [4.69, 9.17) is 9.47 Å². The SMILES string of the molecule is C=C1OC(C)(C)C(C)C(=C)OC(C)(C)C(C)[C-]1C.[CH3-].[W+2]. The van der Waals surface area contributed by atoms with Crippen LogP contribution in [0.3, 0.4) is 0 Å². The maximum atomic E-state index is 6.10. The molecule has 1 aliphatic rings. The van der Waals surface area contributed by atoms with Crippen molar-refractivity contribution >= 4 is 0 Å². The molecular weight excluding hydrogens is 420 g/mol. The third-order valence-corrected chi connectivity index (χ3v) is 4.44. The zero-order valence-electron chi connectivity index (χ0n) is 14.3. The number of ether oxygens (including phenoxy) is 2. The van der Waals surface area contributed by atoms with E-state index in [2.05, 4.69) is 47.8 Å². The van der Waals surface area contributed by atoms with Crippen molar-refractivity contribution in [3.63, 3.8) is 0 Å². The summed E-state index contributed by atoms with van der Waals surface area (Å²) >= 11 is 0. The summed E-state index contributed by atoms with van der Waals surface area (Å²) < 4.78 is 12.1. The average molecular weight is 450 g/mol. The Morgan fingerprint density at radius 3 is 1.90 bits per heavy atom. The molecule has 1 aliphatic heterocycles. The minimum absolute atomic E-state index is 0. The third kappa shape index (κ3) is 4.32. The van der Waals surface area contributed by atoms with Crippen LogP contribution in [0.25, 0.3) is 0 Å². The van der Waals surface area contributed by atoms with E-state index in [1.165, 1.54) is 0 Å². The quantitative estimate of drug-likeness (QED) is 0.488. The summed E-state index contributed by atoms with van der Waals surface area (Å²) in [6.45, 7) is 22.7. The Morgan fingerprint density at radius 1 is 1.00 bits per heavy atom. The number of allylic oxidation sites excluding steroid dienone is 1. The summed E-state index contributed by atoms with van der Waals surface area (Å²) in [6.07, 6.45) is 0. The van der Waals surface area contributed by atoms with E-state index >= 15 is 0 Å². The maximum Gasteiger partial charge on any atom is 2.00 e. The smallest absolute Gasteiger partial charge is 0.525 e. The Balaban J connectivity index is 0. The average Bonchev–Trinajstić information content (AvgIpc) is 2.24. The van der Waals surface area contributed by atoms with E-state index in [9.17, 15) is 0 Å². The van der Waals surface area contributed by atoms with Crippen molar-refractivity contribution in [3.05, 3.63) is 38.0 Å². The molecule has 2 atom stereocenters. The summed E-state index contributed by atoms with van der Waals surface area (Å²) in [7, 11) is 0. The van der Waals surface area contributed by atoms with Crippen LogP contribution in [-0.2, 0) is 30.5 Å². The van der Waals surface area contributed by atoms with Gasteiger partial charge in [0.2, 0.25) is 0 Å². The normalized spacial score (nSPS) is 28.6. The Bertz CT molecular complexity index is 358. The molecule has 0 aromatic heterocycles. The first-order valence-electron chi connectivity index (χ1n) is 6.58. The molecular formula is C17H30O2W. The van der Waals surface area contributed by atoms with Gasteiger partial charge in [-0.1, -0.05) is 20.4 Å². The zero-order valence-corrected chi connectivity index (χ0v) is 17.2. The van der Waals surface area contributed by atoms with E-state index in [0.717, 1.165) is 17.4 Å². The van der Waals surface area contributed by atoms with Gasteiger partial charge in [-0.25, -0.2) is 6.58 Å². The molecule has 2 nitrogen and oxygen atoms in total. The van der Waals surface area contributed by atoms with E-state index in [1.807, 2.05) is 13.8 Å². The van der Waals surface area contributed by atoms with Crippen LogP contribution in [0.4, 0.5) is 0 Å². The van der Waals surface area contributed by atoms with Gasteiger partial charge in [0.15, 0.2) is 0 Å². The van der Waals surface area contributed by atoms with Gasteiger partial charge in [0.05, 0.1) is 17.3 Å². The number of hydrogen-bond acceptors (Lipinski definition) is 2. The Morgan fingerprint density at radius 2 is 1.45 bits per heavy atom. The van der Waals surface area contributed by atoms with Crippen LogP contribution in [0, 0.1) is 25.2 Å². The van der Waals surface area contributed by atoms with Gasteiger partial charge in [0.1, 0.15) is 5.60 Å². The number of rotatable bonds is 0. The molecule has 1 heterocycles. The first-order chi connectivity index (χ1) is 7.99. The van der Waals surface area contributed by atoms with Crippen LogP contribution in [0.2, 0.25) is 0 Å². The molecule has 0 aromatic carbocycles. The monoisotopic (exact) mass is 450 g/mol. The van der Waals surface area contributed by atoms with E-state index in [-0.39, 0.29) is 51.5 Å². The Hall–Kier alpha value is -0.362. The molecule has 0 N–H and O–H groups in total. The van der Waals surface area contributed by atoms with Gasteiger partial charge < -0.3 is 16.9 Å². The topological polar surface area (TPSA) is 18.5 Å². The minimum atomic E-state index is -0.366. The molecule has 116 valence electrons. The predicted molar refractivity (Wildman–Crippen MR) is 82.3 cm³/mol. The van der Waals surface area contributed by atoms with Crippen LogP contribution in [0.1, 0.15) is 48.5 Å². The van der Waals surface area contributed by atoms with Crippen molar-refractivity contribution in [1.82, 2.24) is 0 Å². The second kappa shape index (κ2) is 7.07. The van der Waals surface area contributed by atoms with E-state index in [1.54, 1.807) is 0 Å². The van der Waals surface area contributed by atoms with Gasteiger partial charge in [-0.2, -0.15) is 5.92 Å². The molecule has 0 aliphatic carbocycles. The molecule has 2 unspecified atom stereocenters. The van der Waals surface area contributed by atoms with Crippen LogP contribution in [0.15, 0.2) is 24.7 Å². The molecule has 1 saturated heterocycles. The Labute approximate surface area is 140 Å². The van der Waals surface area contributed by atoms with Crippen LogP contribution in [0.5, 0.6) is 0 Å². The van der Waals surface area contributed by atoms with Crippen molar-refractivity contribution < 1.29 is 30.5 Å². The fraction of sp³-hybridized carbons (Fsp3) is 0.647. The molecule has 3 heteroatoms. The van der Waals surface area contributed by atoms with Crippen molar-refractivity contribution in [2.45, 2.75) is 59.7 Å². The summed E-state index contributed by atoms with van der Waals surface area (Å²) in [5.74, 6) is 2.99. The molecule has 0 radical (unpaired) electrons. The molecule has 0 bridgehead atoms. The fourth-order valence-corrected chi connectivity index (χ4v) is 2.15. The van der Waals surface area contributed by atoms with Crippen molar-refractivity contribution in [2.24, 2.45) is 11.8 Å². The van der Waals surface area contributed by atoms with Crippen LogP contribution >= 0.6 is 0 Å². The molecule has 0 saturated carbocycles. The van der Waals surface area contributed by atoms with Gasteiger partial charge in [-0.15, -0.1) is 6.92 Å². The summed E-state index contributed by atoms with van der Waals surface area (Å²) in [5.41, 5.74) is -0.669. The second-order valence-electron chi connectivity index (χ2n) is 6.43. The molecule has 0 spiro atoms. The summed E-state index contributed by atoms with van der Waals surface area (Å²) in [4.78, 5) is 0. The molecule has 1 rings (SSSR count). The van der Waals surface area contributed by atoms with Gasteiger partial charge in [0.25, 0.3) is 0 Å². The van der Waals surface area contributed by atoms with Gasteiger partial charge >= 0.3 is 21.1 Å². The second-order valence-corrected chi connectivity index (χ2v) is 6.43. The van der Waals surface area contributed by atoms with Crippen LogP contribution < -0.4 is 0 Å². The van der Waals surface area contributed by atoms with Crippen LogP contribution in [-0.4, -0.2) is 11.2 Å². The minimum Gasteiger partial charge on any atom is -0.525 e. The van der Waals surface area contributed by atoms with Crippen molar-refractivity contribution in [3.8, 4) is 0 Å². The maximum absolute atomic E-state index is 6.10. The predicted octanol–water partition coefficient (Wildman–Crippen LogP) is 4.93. The fourth-order valence-electron chi connectivity index (χ4n) is 2.15. The third-order valence-electron chi connectivity index (χ3n) is 4.44.